The normalized spacial score (nSPS) is 10.3. The van der Waals surface area contributed by atoms with Crippen LogP contribution in [0.25, 0.3) is 0 Å². The van der Waals surface area contributed by atoms with Crippen molar-refractivity contribution in [2.45, 2.75) is 6.61 Å². The summed E-state index contributed by atoms with van der Waals surface area (Å²) >= 11 is 0. The molecule has 0 atom stereocenters. The van der Waals surface area contributed by atoms with E-state index in [1.807, 2.05) is 78.9 Å². The summed E-state index contributed by atoms with van der Waals surface area (Å²) in [7, 11) is 0. The highest BCUT2D eigenvalue weighted by atomic mass is 16.7. The molecule has 30 heavy (non-hydrogen) atoms. The standard InChI is InChI=1S/C26H21NO3/c28-26(29-20-21-10-4-1-5-11-21)30-25-18-16-24(17-19-25)27(22-12-6-2-7-13-22)23-14-8-3-9-15-23/h1-19H,20H2. The Balaban J connectivity index is 1.47. The summed E-state index contributed by atoms with van der Waals surface area (Å²) in [6, 6.07) is 37.1. The minimum absolute atomic E-state index is 0.174. The van der Waals surface area contributed by atoms with E-state index in [9.17, 15) is 4.79 Å². The molecular formula is C26H21NO3. The Morgan fingerprint density at radius 3 is 1.60 bits per heavy atom. The number of carbonyl (C=O) groups excluding carboxylic acids is 1. The molecular weight excluding hydrogens is 374 g/mol. The minimum Gasteiger partial charge on any atom is -0.429 e. The molecule has 0 aliphatic heterocycles. The van der Waals surface area contributed by atoms with Crippen molar-refractivity contribution in [3.63, 3.8) is 0 Å². The van der Waals surface area contributed by atoms with Crippen LogP contribution in [0.15, 0.2) is 115 Å². The van der Waals surface area contributed by atoms with E-state index >= 15 is 0 Å². The Morgan fingerprint density at radius 2 is 1.07 bits per heavy atom. The molecule has 0 saturated carbocycles. The lowest BCUT2D eigenvalue weighted by molar-refractivity contribution is 0.0928. The van der Waals surface area contributed by atoms with E-state index in [4.69, 9.17) is 9.47 Å². The van der Waals surface area contributed by atoms with Crippen molar-refractivity contribution in [1.29, 1.82) is 0 Å². The summed E-state index contributed by atoms with van der Waals surface area (Å²) in [5.41, 5.74) is 3.95. The van der Waals surface area contributed by atoms with Crippen molar-refractivity contribution >= 4 is 23.2 Å². The number of hydrogen-bond donors (Lipinski definition) is 0. The molecule has 0 aromatic heterocycles. The van der Waals surface area contributed by atoms with E-state index in [0.29, 0.717) is 5.75 Å². The van der Waals surface area contributed by atoms with E-state index in [2.05, 4.69) is 29.2 Å². The van der Waals surface area contributed by atoms with Crippen molar-refractivity contribution in [1.82, 2.24) is 0 Å². The average Bonchev–Trinajstić information content (AvgIpc) is 2.81. The van der Waals surface area contributed by atoms with Crippen LogP contribution < -0.4 is 9.64 Å². The SMILES string of the molecule is O=C(OCc1ccccc1)Oc1ccc(N(c2ccccc2)c2ccccc2)cc1. The summed E-state index contributed by atoms with van der Waals surface area (Å²) in [6.45, 7) is 0.174. The fourth-order valence-electron chi connectivity index (χ4n) is 3.11. The molecule has 4 aromatic carbocycles. The van der Waals surface area contributed by atoms with E-state index < -0.39 is 6.16 Å². The highest BCUT2D eigenvalue weighted by Crippen LogP contribution is 2.34. The number of benzene rings is 4. The molecule has 0 saturated heterocycles. The monoisotopic (exact) mass is 395 g/mol. The molecule has 0 amide bonds. The highest BCUT2D eigenvalue weighted by molar-refractivity contribution is 5.76. The zero-order valence-electron chi connectivity index (χ0n) is 16.3. The maximum atomic E-state index is 12.0. The summed E-state index contributed by atoms with van der Waals surface area (Å²) in [5, 5.41) is 0. The van der Waals surface area contributed by atoms with Crippen LogP contribution in [0.5, 0.6) is 5.75 Å². The van der Waals surface area contributed by atoms with Gasteiger partial charge >= 0.3 is 6.16 Å². The number of anilines is 3. The van der Waals surface area contributed by atoms with E-state index in [-0.39, 0.29) is 6.61 Å². The van der Waals surface area contributed by atoms with Gasteiger partial charge in [-0.1, -0.05) is 66.7 Å². The van der Waals surface area contributed by atoms with E-state index in [0.717, 1.165) is 22.6 Å². The van der Waals surface area contributed by atoms with E-state index in [1.165, 1.54) is 0 Å². The Morgan fingerprint density at radius 1 is 0.600 bits per heavy atom. The van der Waals surface area contributed by atoms with Gasteiger partial charge in [0.05, 0.1) is 0 Å². The Bertz CT molecular complexity index is 1030. The number of ether oxygens (including phenoxy) is 2. The lowest BCUT2D eigenvalue weighted by Gasteiger charge is -2.25. The number of carbonyl (C=O) groups is 1. The molecule has 4 heteroatoms. The second kappa shape index (κ2) is 9.43. The summed E-state index contributed by atoms with van der Waals surface area (Å²) < 4.78 is 10.5. The molecule has 4 rings (SSSR count). The van der Waals surface area contributed by atoms with Gasteiger partial charge in [-0.25, -0.2) is 4.79 Å². The number of nitrogens with zero attached hydrogens (tertiary/aromatic N) is 1. The van der Waals surface area contributed by atoms with Crippen molar-refractivity contribution in [2.75, 3.05) is 4.90 Å². The van der Waals surface area contributed by atoms with Crippen LogP contribution in [0.3, 0.4) is 0 Å². The lowest BCUT2D eigenvalue weighted by Crippen LogP contribution is -2.11. The smallest absolute Gasteiger partial charge is 0.429 e. The first-order valence-corrected chi connectivity index (χ1v) is 9.68. The molecule has 0 unspecified atom stereocenters. The van der Waals surface area contributed by atoms with Crippen molar-refractivity contribution in [3.8, 4) is 5.75 Å². The second-order valence-corrected chi connectivity index (χ2v) is 6.63. The first kappa shape index (κ1) is 19.3. The third-order valence-corrected chi connectivity index (χ3v) is 4.52. The molecule has 0 N–H and O–H groups in total. The molecule has 0 fully saturated rings. The number of rotatable bonds is 6. The predicted octanol–water partition coefficient (Wildman–Crippen LogP) is 6.87. The molecule has 0 radical (unpaired) electrons. The van der Waals surface area contributed by atoms with Gasteiger partial charge in [-0.15, -0.1) is 0 Å². The Hall–Kier alpha value is -4.05. The van der Waals surface area contributed by atoms with Gasteiger partial charge in [-0.2, -0.15) is 0 Å². The first-order chi connectivity index (χ1) is 14.8. The molecule has 0 spiro atoms. The maximum absolute atomic E-state index is 12.0. The third-order valence-electron chi connectivity index (χ3n) is 4.52. The van der Waals surface area contributed by atoms with Crippen LogP contribution in [0.1, 0.15) is 5.56 Å². The topological polar surface area (TPSA) is 38.8 Å². The second-order valence-electron chi connectivity index (χ2n) is 6.63. The van der Waals surface area contributed by atoms with Gasteiger partial charge in [0, 0.05) is 17.1 Å². The van der Waals surface area contributed by atoms with Gasteiger partial charge in [0.2, 0.25) is 0 Å². The fraction of sp³-hybridized carbons (Fsp3) is 0.0385. The zero-order valence-corrected chi connectivity index (χ0v) is 16.3. The van der Waals surface area contributed by atoms with E-state index in [1.54, 1.807) is 12.1 Å². The number of hydrogen-bond acceptors (Lipinski definition) is 4. The molecule has 148 valence electrons. The predicted molar refractivity (Wildman–Crippen MR) is 118 cm³/mol. The van der Waals surface area contributed by atoms with Crippen LogP contribution >= 0.6 is 0 Å². The molecule has 4 nitrogen and oxygen atoms in total. The van der Waals surface area contributed by atoms with Crippen LogP contribution in [-0.4, -0.2) is 6.16 Å². The Labute approximate surface area is 175 Å². The van der Waals surface area contributed by atoms with Gasteiger partial charge in [0.1, 0.15) is 12.4 Å². The van der Waals surface area contributed by atoms with Crippen LogP contribution in [-0.2, 0) is 11.3 Å². The van der Waals surface area contributed by atoms with Crippen molar-refractivity contribution in [2.24, 2.45) is 0 Å². The van der Waals surface area contributed by atoms with Gasteiger partial charge in [0.15, 0.2) is 0 Å². The lowest BCUT2D eigenvalue weighted by atomic mass is 10.2. The van der Waals surface area contributed by atoms with Crippen molar-refractivity contribution < 1.29 is 14.3 Å². The summed E-state index contributed by atoms with van der Waals surface area (Å²) in [5.74, 6) is 0.429. The zero-order chi connectivity index (χ0) is 20.6. The van der Waals surface area contributed by atoms with Gasteiger partial charge < -0.3 is 14.4 Å². The molecule has 0 heterocycles. The first-order valence-electron chi connectivity index (χ1n) is 9.68. The quantitative estimate of drug-likeness (QED) is 0.264. The number of para-hydroxylation sites is 2. The average molecular weight is 395 g/mol. The summed E-state index contributed by atoms with van der Waals surface area (Å²) in [4.78, 5) is 14.1. The van der Waals surface area contributed by atoms with Crippen LogP contribution in [0, 0.1) is 0 Å². The molecule has 0 bridgehead atoms. The minimum atomic E-state index is -0.727. The molecule has 4 aromatic rings. The molecule has 0 aliphatic carbocycles. The van der Waals surface area contributed by atoms with Gasteiger partial charge in [-0.05, 0) is 54.1 Å². The largest absolute Gasteiger partial charge is 0.514 e. The van der Waals surface area contributed by atoms with Crippen molar-refractivity contribution in [3.05, 3.63) is 121 Å². The van der Waals surface area contributed by atoms with Crippen LogP contribution in [0.4, 0.5) is 21.9 Å². The molecule has 0 aliphatic rings. The highest BCUT2D eigenvalue weighted by Gasteiger charge is 2.13. The van der Waals surface area contributed by atoms with Gasteiger partial charge in [0.25, 0.3) is 0 Å². The third kappa shape index (κ3) is 4.86. The maximum Gasteiger partial charge on any atom is 0.514 e. The Kier molecular flexibility index (Phi) is 6.06. The van der Waals surface area contributed by atoms with Crippen LogP contribution in [0.2, 0.25) is 0 Å². The summed E-state index contributed by atoms with van der Waals surface area (Å²) in [6.07, 6.45) is -0.727. The fourth-order valence-corrected chi connectivity index (χ4v) is 3.11. The van der Waals surface area contributed by atoms with Gasteiger partial charge in [-0.3, -0.25) is 0 Å².